The minimum absolute atomic E-state index is 0. The van der Waals surface area contributed by atoms with Gasteiger partial charge in [0.1, 0.15) is 0 Å². The SMILES string of the molecule is CCCC1[C-]=CC(C(C)(C)C)=C1.[Cl-].[Cl-].[Zr+4].c1ccc(-c2ccc3c(c2)[cH-]c2cc(-c4ccccc4)ccc23)cc1. The summed E-state index contributed by atoms with van der Waals surface area (Å²) in [4.78, 5) is 0. The van der Waals surface area contributed by atoms with E-state index in [1.165, 1.54) is 62.2 Å². The van der Waals surface area contributed by atoms with Gasteiger partial charge in [0, 0.05) is 0 Å². The average Bonchev–Trinajstić information content (AvgIpc) is 3.54. The van der Waals surface area contributed by atoms with Crippen molar-refractivity contribution in [3.63, 3.8) is 0 Å². The van der Waals surface area contributed by atoms with Gasteiger partial charge in [0.2, 0.25) is 0 Å². The fraction of sp³-hybridized carbons (Fsp3) is 0.216. The standard InChI is InChI=1S/C25H17.C12H19.2ClH.Zr/c1-3-7-18(8-4-1)20-11-13-24-22(15-20)17-23-16-21(12-14-25(23)24)19-9-5-2-6-10-19;1-5-6-10-7-8-11(9-10)12(2,3)4;;;/h1-17H;8-10H,5-6H2,1-4H3;2*1H;/q2*-1;;;+4/p-2. The number of allylic oxidation sites excluding steroid dienone is 4. The zero-order valence-corrected chi connectivity index (χ0v) is 27.7. The predicted octanol–water partition coefficient (Wildman–Crippen LogP) is 4.80. The van der Waals surface area contributed by atoms with E-state index in [-0.39, 0.29) is 51.0 Å². The zero-order chi connectivity index (χ0) is 25.8. The summed E-state index contributed by atoms with van der Waals surface area (Å²) in [6.07, 6.45) is 10.4. The Hall–Kier alpha value is -2.31. The molecule has 6 rings (SSSR count). The molecule has 5 aromatic rings. The molecule has 1 aliphatic rings. The smallest absolute Gasteiger partial charge is 1.00 e. The van der Waals surface area contributed by atoms with Crippen molar-refractivity contribution in [2.75, 3.05) is 0 Å². The van der Waals surface area contributed by atoms with Crippen LogP contribution in [0.1, 0.15) is 40.5 Å². The molecule has 0 saturated carbocycles. The molecular weight excluding hydrogens is 607 g/mol. The quantitative estimate of drug-likeness (QED) is 0.247. The summed E-state index contributed by atoms with van der Waals surface area (Å²) in [6.45, 7) is 8.99. The Bertz CT molecular complexity index is 1460. The third-order valence-corrected chi connectivity index (χ3v) is 7.22. The molecular formula is C37H36Cl2Zr. The van der Waals surface area contributed by atoms with Crippen LogP contribution in [0.2, 0.25) is 0 Å². The summed E-state index contributed by atoms with van der Waals surface area (Å²) in [5.41, 5.74) is 6.81. The molecule has 0 fully saturated rings. The van der Waals surface area contributed by atoms with Crippen LogP contribution in [-0.2, 0) is 26.2 Å². The largest absolute Gasteiger partial charge is 4.00 e. The number of benzene rings is 4. The van der Waals surface area contributed by atoms with Crippen molar-refractivity contribution in [2.45, 2.75) is 40.5 Å². The third-order valence-electron chi connectivity index (χ3n) is 7.22. The van der Waals surface area contributed by atoms with Crippen LogP contribution in [-0.4, -0.2) is 0 Å². The van der Waals surface area contributed by atoms with E-state index in [0.717, 1.165) is 0 Å². The zero-order valence-electron chi connectivity index (χ0n) is 23.7. The van der Waals surface area contributed by atoms with E-state index in [2.05, 4.69) is 149 Å². The number of fused-ring (bicyclic) bond motifs is 3. The molecule has 0 aliphatic heterocycles. The average molecular weight is 643 g/mol. The van der Waals surface area contributed by atoms with E-state index >= 15 is 0 Å². The summed E-state index contributed by atoms with van der Waals surface area (Å²) in [5, 5.41) is 5.27. The first-order chi connectivity index (χ1) is 17.9. The van der Waals surface area contributed by atoms with Gasteiger partial charge in [-0.2, -0.15) is 11.6 Å². The molecule has 0 radical (unpaired) electrons. The Balaban J connectivity index is 0.000000323. The molecule has 0 spiro atoms. The number of rotatable bonds is 4. The molecule has 0 nitrogen and oxygen atoms in total. The molecule has 0 bridgehead atoms. The van der Waals surface area contributed by atoms with E-state index in [0.29, 0.717) is 11.3 Å². The van der Waals surface area contributed by atoms with Gasteiger partial charge >= 0.3 is 26.2 Å². The first-order valence-electron chi connectivity index (χ1n) is 13.5. The van der Waals surface area contributed by atoms with Gasteiger partial charge in [-0.1, -0.05) is 148 Å². The van der Waals surface area contributed by atoms with Crippen LogP contribution in [0.15, 0.2) is 121 Å². The minimum Gasteiger partial charge on any atom is -1.00 e. The Morgan fingerprint density at radius 1 is 0.675 bits per heavy atom. The maximum absolute atomic E-state index is 3.40. The second-order valence-corrected chi connectivity index (χ2v) is 11.1. The molecule has 40 heavy (non-hydrogen) atoms. The Labute approximate surface area is 271 Å². The van der Waals surface area contributed by atoms with Gasteiger partial charge in [-0.05, 0) is 11.1 Å². The van der Waals surface area contributed by atoms with E-state index in [9.17, 15) is 0 Å². The van der Waals surface area contributed by atoms with Gasteiger partial charge in [0.05, 0.1) is 0 Å². The maximum Gasteiger partial charge on any atom is 4.00 e. The molecule has 0 aromatic heterocycles. The number of hydrogen-bond acceptors (Lipinski definition) is 0. The first-order valence-corrected chi connectivity index (χ1v) is 13.5. The Kier molecular flexibility index (Phi) is 12.8. The Morgan fingerprint density at radius 2 is 1.15 bits per heavy atom. The van der Waals surface area contributed by atoms with Crippen LogP contribution in [0.3, 0.4) is 0 Å². The van der Waals surface area contributed by atoms with Crippen LogP contribution >= 0.6 is 0 Å². The molecule has 0 saturated heterocycles. The summed E-state index contributed by atoms with van der Waals surface area (Å²) in [6, 6.07) is 37.0. The van der Waals surface area contributed by atoms with Crippen LogP contribution < -0.4 is 24.8 Å². The van der Waals surface area contributed by atoms with Crippen molar-refractivity contribution in [1.82, 2.24) is 0 Å². The van der Waals surface area contributed by atoms with Crippen molar-refractivity contribution in [1.29, 1.82) is 0 Å². The van der Waals surface area contributed by atoms with Crippen molar-refractivity contribution in [3.05, 3.63) is 127 Å². The minimum atomic E-state index is 0. The topological polar surface area (TPSA) is 0 Å². The fourth-order valence-electron chi connectivity index (χ4n) is 5.10. The van der Waals surface area contributed by atoms with Gasteiger partial charge in [0.25, 0.3) is 0 Å². The fourth-order valence-corrected chi connectivity index (χ4v) is 5.10. The third kappa shape index (κ3) is 7.91. The van der Waals surface area contributed by atoms with E-state index in [1.54, 1.807) is 0 Å². The van der Waals surface area contributed by atoms with Gasteiger partial charge in [-0.3, -0.25) is 6.08 Å². The summed E-state index contributed by atoms with van der Waals surface area (Å²) >= 11 is 0. The van der Waals surface area contributed by atoms with Crippen LogP contribution in [0.5, 0.6) is 0 Å². The molecule has 202 valence electrons. The molecule has 1 aliphatic carbocycles. The number of halogens is 2. The van der Waals surface area contributed by atoms with Gasteiger partial charge < -0.3 is 24.8 Å². The van der Waals surface area contributed by atoms with Gasteiger partial charge in [-0.15, -0.1) is 39.7 Å². The molecule has 0 heterocycles. The van der Waals surface area contributed by atoms with E-state index in [1.807, 2.05) is 0 Å². The molecule has 1 unspecified atom stereocenters. The maximum atomic E-state index is 3.40. The summed E-state index contributed by atoms with van der Waals surface area (Å²) in [5.74, 6) is 0.587. The second-order valence-electron chi connectivity index (χ2n) is 11.1. The predicted molar refractivity (Wildman–Crippen MR) is 162 cm³/mol. The summed E-state index contributed by atoms with van der Waals surface area (Å²) < 4.78 is 0. The van der Waals surface area contributed by atoms with E-state index < -0.39 is 0 Å². The Morgan fingerprint density at radius 3 is 1.55 bits per heavy atom. The van der Waals surface area contributed by atoms with Crippen LogP contribution in [0.4, 0.5) is 0 Å². The van der Waals surface area contributed by atoms with Crippen LogP contribution in [0, 0.1) is 17.4 Å². The molecule has 0 amide bonds. The van der Waals surface area contributed by atoms with Crippen molar-refractivity contribution < 1.29 is 51.0 Å². The van der Waals surface area contributed by atoms with Crippen LogP contribution in [0.25, 0.3) is 43.8 Å². The van der Waals surface area contributed by atoms with Crippen molar-refractivity contribution >= 4 is 21.5 Å². The van der Waals surface area contributed by atoms with E-state index in [4.69, 9.17) is 0 Å². The van der Waals surface area contributed by atoms with Crippen molar-refractivity contribution in [3.8, 4) is 22.3 Å². The van der Waals surface area contributed by atoms with Crippen molar-refractivity contribution in [2.24, 2.45) is 11.3 Å². The number of hydrogen-bond donors (Lipinski definition) is 0. The molecule has 0 N–H and O–H groups in total. The molecule has 1 atom stereocenters. The van der Waals surface area contributed by atoms with Gasteiger partial charge in [-0.25, -0.2) is 6.08 Å². The normalized spacial score (nSPS) is 13.9. The molecule has 3 heteroatoms. The monoisotopic (exact) mass is 640 g/mol. The summed E-state index contributed by atoms with van der Waals surface area (Å²) in [7, 11) is 0. The van der Waals surface area contributed by atoms with Gasteiger partial charge in [0.15, 0.2) is 0 Å². The second kappa shape index (κ2) is 15.1. The molecule has 5 aromatic carbocycles. The first kappa shape index (κ1) is 33.9.